The van der Waals surface area contributed by atoms with E-state index in [4.69, 9.17) is 16.3 Å². The van der Waals surface area contributed by atoms with Crippen molar-refractivity contribution in [2.75, 3.05) is 12.4 Å². The molecule has 1 saturated carbocycles. The zero-order valence-corrected chi connectivity index (χ0v) is 10.7. The fraction of sp³-hybridized carbons (Fsp3) is 0.545. The van der Waals surface area contributed by atoms with Gasteiger partial charge in [-0.2, -0.15) is 0 Å². The summed E-state index contributed by atoms with van der Waals surface area (Å²) in [6, 6.07) is 2.85. The maximum atomic E-state index is 10.7. The highest BCUT2D eigenvalue weighted by Crippen LogP contribution is 2.26. The largest absolute Gasteiger partial charge is 0.381 e. The molecule has 0 spiro atoms. The lowest BCUT2D eigenvalue weighted by molar-refractivity contribution is -0.384. The summed E-state index contributed by atoms with van der Waals surface area (Å²) in [5.74, 6) is 0.441. The van der Waals surface area contributed by atoms with Gasteiger partial charge in [0, 0.05) is 13.2 Å². The van der Waals surface area contributed by atoms with Crippen molar-refractivity contribution >= 4 is 23.1 Å². The van der Waals surface area contributed by atoms with Gasteiger partial charge in [-0.25, -0.2) is 4.98 Å². The molecule has 2 atom stereocenters. The van der Waals surface area contributed by atoms with Crippen LogP contribution >= 0.6 is 11.6 Å². The number of methoxy groups -OCH3 is 1. The Bertz CT molecular complexity index is 455. The quantitative estimate of drug-likeness (QED) is 0.517. The molecule has 6 nitrogen and oxygen atoms in total. The highest BCUT2D eigenvalue weighted by atomic mass is 35.5. The lowest BCUT2D eigenvalue weighted by Gasteiger charge is -2.13. The van der Waals surface area contributed by atoms with Crippen LogP contribution in [0, 0.1) is 10.1 Å². The van der Waals surface area contributed by atoms with Crippen LogP contribution in [0.4, 0.5) is 11.5 Å². The number of anilines is 1. The molecule has 98 valence electrons. The standard InChI is InChI=1S/C11H14ClN3O3/c1-18-9-3-2-7(4-9)13-11-6-8(15(16)17)5-10(12)14-11/h5-7,9H,2-4H2,1H3,(H,13,14). The molecule has 1 heterocycles. The Hall–Kier alpha value is -1.40. The number of ether oxygens (including phenoxy) is 1. The Labute approximate surface area is 109 Å². The Morgan fingerprint density at radius 3 is 2.94 bits per heavy atom. The third-order valence-electron chi connectivity index (χ3n) is 3.06. The number of halogens is 1. The summed E-state index contributed by atoms with van der Waals surface area (Å²) in [6.45, 7) is 0. The van der Waals surface area contributed by atoms with E-state index in [9.17, 15) is 10.1 Å². The predicted octanol–water partition coefficient (Wildman–Crippen LogP) is 2.62. The van der Waals surface area contributed by atoms with Crippen LogP contribution in [0.15, 0.2) is 12.1 Å². The monoisotopic (exact) mass is 271 g/mol. The van der Waals surface area contributed by atoms with E-state index in [-0.39, 0.29) is 23.0 Å². The van der Waals surface area contributed by atoms with Crippen LogP contribution in [-0.4, -0.2) is 29.2 Å². The maximum Gasteiger partial charge on any atom is 0.276 e. The van der Waals surface area contributed by atoms with E-state index in [2.05, 4.69) is 10.3 Å². The molecule has 1 aromatic rings. The third kappa shape index (κ3) is 3.08. The fourth-order valence-corrected chi connectivity index (χ4v) is 2.36. The van der Waals surface area contributed by atoms with Gasteiger partial charge >= 0.3 is 0 Å². The molecule has 1 aliphatic carbocycles. The van der Waals surface area contributed by atoms with Crippen molar-refractivity contribution in [3.8, 4) is 0 Å². The molecule has 2 unspecified atom stereocenters. The van der Waals surface area contributed by atoms with E-state index in [1.54, 1.807) is 7.11 Å². The minimum absolute atomic E-state index is 0.0567. The van der Waals surface area contributed by atoms with E-state index in [1.807, 2.05) is 0 Å². The molecular formula is C11H14ClN3O3. The normalized spacial score (nSPS) is 23.0. The molecule has 1 fully saturated rings. The molecular weight excluding hydrogens is 258 g/mol. The SMILES string of the molecule is COC1CCC(Nc2cc([N+](=O)[O-])cc(Cl)n2)C1. The summed E-state index contributed by atoms with van der Waals surface area (Å²) in [5.41, 5.74) is -0.0567. The summed E-state index contributed by atoms with van der Waals surface area (Å²) in [4.78, 5) is 14.3. The molecule has 0 radical (unpaired) electrons. The number of nitrogens with zero attached hydrogens (tertiary/aromatic N) is 2. The van der Waals surface area contributed by atoms with E-state index in [0.717, 1.165) is 19.3 Å². The minimum Gasteiger partial charge on any atom is -0.381 e. The highest BCUT2D eigenvalue weighted by Gasteiger charge is 2.25. The maximum absolute atomic E-state index is 10.7. The van der Waals surface area contributed by atoms with Crippen LogP contribution in [0.2, 0.25) is 5.15 Å². The first-order valence-electron chi connectivity index (χ1n) is 5.70. The molecule has 2 rings (SSSR count). The predicted molar refractivity (Wildman–Crippen MR) is 68.0 cm³/mol. The van der Waals surface area contributed by atoms with Crippen molar-refractivity contribution in [3.05, 3.63) is 27.4 Å². The molecule has 1 aliphatic rings. The van der Waals surface area contributed by atoms with Crippen molar-refractivity contribution in [2.24, 2.45) is 0 Å². The van der Waals surface area contributed by atoms with Gasteiger partial charge in [0.2, 0.25) is 0 Å². The second-order valence-corrected chi connectivity index (χ2v) is 4.69. The molecule has 1 N–H and O–H groups in total. The first-order valence-corrected chi connectivity index (χ1v) is 6.07. The smallest absolute Gasteiger partial charge is 0.276 e. The van der Waals surface area contributed by atoms with Gasteiger partial charge in [0.1, 0.15) is 11.0 Å². The average molecular weight is 272 g/mol. The van der Waals surface area contributed by atoms with Gasteiger partial charge in [0.15, 0.2) is 0 Å². The van der Waals surface area contributed by atoms with E-state index >= 15 is 0 Å². The Morgan fingerprint density at radius 1 is 1.56 bits per heavy atom. The molecule has 0 aliphatic heterocycles. The summed E-state index contributed by atoms with van der Waals surface area (Å²) in [7, 11) is 1.69. The second kappa shape index (κ2) is 5.49. The van der Waals surface area contributed by atoms with E-state index < -0.39 is 4.92 Å². The number of nitro groups is 1. The minimum atomic E-state index is -0.481. The first kappa shape index (κ1) is 13.0. The lowest BCUT2D eigenvalue weighted by atomic mass is 10.2. The second-order valence-electron chi connectivity index (χ2n) is 4.30. The molecule has 0 aromatic carbocycles. The number of aromatic nitrogens is 1. The zero-order chi connectivity index (χ0) is 13.1. The van der Waals surface area contributed by atoms with Crippen molar-refractivity contribution in [1.82, 2.24) is 4.98 Å². The summed E-state index contributed by atoms with van der Waals surface area (Å²) < 4.78 is 5.27. The zero-order valence-electron chi connectivity index (χ0n) is 9.93. The topological polar surface area (TPSA) is 77.3 Å². The summed E-state index contributed by atoms with van der Waals surface area (Å²) >= 11 is 5.76. The Balaban J connectivity index is 2.07. The van der Waals surface area contributed by atoms with Gasteiger partial charge in [0.25, 0.3) is 5.69 Å². The van der Waals surface area contributed by atoms with Crippen molar-refractivity contribution in [3.63, 3.8) is 0 Å². The average Bonchev–Trinajstić information content (AvgIpc) is 2.76. The van der Waals surface area contributed by atoms with Crippen molar-refractivity contribution in [1.29, 1.82) is 0 Å². The van der Waals surface area contributed by atoms with Gasteiger partial charge in [-0.05, 0) is 19.3 Å². The van der Waals surface area contributed by atoms with Crippen LogP contribution in [0.3, 0.4) is 0 Å². The third-order valence-corrected chi connectivity index (χ3v) is 3.25. The van der Waals surface area contributed by atoms with Gasteiger partial charge in [0.05, 0.1) is 23.2 Å². The van der Waals surface area contributed by atoms with Gasteiger partial charge in [-0.3, -0.25) is 10.1 Å². The van der Waals surface area contributed by atoms with Crippen LogP contribution in [0.25, 0.3) is 0 Å². The highest BCUT2D eigenvalue weighted by molar-refractivity contribution is 6.29. The Morgan fingerprint density at radius 2 is 2.33 bits per heavy atom. The Kier molecular flexibility index (Phi) is 3.98. The van der Waals surface area contributed by atoms with Crippen LogP contribution in [-0.2, 0) is 4.74 Å². The lowest BCUT2D eigenvalue weighted by Crippen LogP contribution is -2.18. The van der Waals surface area contributed by atoms with Crippen molar-refractivity contribution in [2.45, 2.75) is 31.4 Å². The van der Waals surface area contributed by atoms with Crippen LogP contribution in [0.5, 0.6) is 0 Å². The number of rotatable bonds is 4. The molecule has 7 heteroatoms. The molecule has 0 bridgehead atoms. The number of nitrogens with one attached hydrogen (secondary N) is 1. The summed E-state index contributed by atoms with van der Waals surface area (Å²) in [6.07, 6.45) is 3.06. The van der Waals surface area contributed by atoms with E-state index in [0.29, 0.717) is 5.82 Å². The fourth-order valence-electron chi connectivity index (χ4n) is 2.16. The van der Waals surface area contributed by atoms with Gasteiger partial charge in [-0.15, -0.1) is 0 Å². The molecule has 18 heavy (non-hydrogen) atoms. The van der Waals surface area contributed by atoms with Crippen LogP contribution in [0.1, 0.15) is 19.3 Å². The molecule has 0 amide bonds. The number of hydrogen-bond donors (Lipinski definition) is 1. The first-order chi connectivity index (χ1) is 8.58. The van der Waals surface area contributed by atoms with Crippen molar-refractivity contribution < 1.29 is 9.66 Å². The van der Waals surface area contributed by atoms with Gasteiger partial charge < -0.3 is 10.1 Å². The molecule has 0 saturated heterocycles. The number of pyridine rings is 1. The van der Waals surface area contributed by atoms with Gasteiger partial charge in [-0.1, -0.05) is 11.6 Å². The number of hydrogen-bond acceptors (Lipinski definition) is 5. The molecule has 1 aromatic heterocycles. The van der Waals surface area contributed by atoms with E-state index in [1.165, 1.54) is 12.1 Å². The summed E-state index contributed by atoms with van der Waals surface area (Å²) in [5, 5.41) is 14.0. The van der Waals surface area contributed by atoms with Crippen LogP contribution < -0.4 is 5.32 Å².